The molecule has 1 N–H and O–H groups in total. The minimum atomic E-state index is 0.259. The number of hydrogen-bond acceptors (Lipinski definition) is 3. The van der Waals surface area contributed by atoms with Crippen molar-refractivity contribution in [3.05, 3.63) is 65.0 Å². The van der Waals surface area contributed by atoms with E-state index in [0.717, 1.165) is 38.3 Å². The summed E-state index contributed by atoms with van der Waals surface area (Å²) in [5.41, 5.74) is 5.18. The van der Waals surface area contributed by atoms with Crippen molar-refractivity contribution >= 4 is 0 Å². The Morgan fingerprint density at radius 1 is 1.14 bits per heavy atom. The molecule has 0 bridgehead atoms. The van der Waals surface area contributed by atoms with E-state index in [4.69, 9.17) is 4.98 Å². The lowest BCUT2D eigenvalue weighted by Crippen LogP contribution is -2.45. The monoisotopic (exact) mass is 295 g/mol. The molecule has 3 rings (SSSR count). The maximum absolute atomic E-state index is 4.78. The van der Waals surface area contributed by atoms with E-state index in [1.54, 1.807) is 0 Å². The molecule has 1 aliphatic heterocycles. The zero-order valence-corrected chi connectivity index (χ0v) is 13.5. The first kappa shape index (κ1) is 15.2. The average molecular weight is 295 g/mol. The highest BCUT2D eigenvalue weighted by Crippen LogP contribution is 2.29. The van der Waals surface area contributed by atoms with Gasteiger partial charge in [0, 0.05) is 32.4 Å². The molecule has 0 aliphatic carbocycles. The summed E-state index contributed by atoms with van der Waals surface area (Å²) in [6, 6.07) is 13.4. The van der Waals surface area contributed by atoms with Crippen molar-refractivity contribution in [3.8, 4) is 0 Å². The fourth-order valence-electron chi connectivity index (χ4n) is 3.18. The van der Waals surface area contributed by atoms with E-state index < -0.39 is 0 Å². The van der Waals surface area contributed by atoms with E-state index in [9.17, 15) is 0 Å². The highest BCUT2D eigenvalue weighted by Gasteiger charge is 2.25. The van der Waals surface area contributed by atoms with E-state index in [2.05, 4.69) is 60.5 Å². The number of aryl methyl sites for hydroxylation is 2. The molecule has 1 aromatic carbocycles. The smallest absolute Gasteiger partial charge is 0.0779 e. The summed E-state index contributed by atoms with van der Waals surface area (Å²) in [6.07, 6.45) is 3.07. The third kappa shape index (κ3) is 3.21. The third-order valence-electron chi connectivity index (χ3n) is 4.54. The minimum absolute atomic E-state index is 0.259. The van der Waals surface area contributed by atoms with Crippen LogP contribution in [0.25, 0.3) is 0 Å². The number of aromatic nitrogens is 1. The standard InChI is InChI=1S/C19H25N3/c1-3-16-8-9-18(21-14-16)19(22-12-10-20-11-13-22)17-7-5-4-6-15(17)2/h4-9,14,19-20H,3,10-13H2,1-2H3. The van der Waals surface area contributed by atoms with Crippen LogP contribution in [-0.4, -0.2) is 36.1 Å². The van der Waals surface area contributed by atoms with Crippen molar-refractivity contribution in [2.24, 2.45) is 0 Å². The summed E-state index contributed by atoms with van der Waals surface area (Å²) >= 11 is 0. The highest BCUT2D eigenvalue weighted by molar-refractivity contribution is 5.35. The van der Waals surface area contributed by atoms with Crippen molar-refractivity contribution in [1.82, 2.24) is 15.2 Å². The van der Waals surface area contributed by atoms with E-state index in [0.29, 0.717) is 0 Å². The van der Waals surface area contributed by atoms with Crippen molar-refractivity contribution < 1.29 is 0 Å². The Morgan fingerprint density at radius 2 is 1.91 bits per heavy atom. The summed E-state index contributed by atoms with van der Waals surface area (Å²) < 4.78 is 0. The molecular formula is C19H25N3. The van der Waals surface area contributed by atoms with Crippen LogP contribution in [0.4, 0.5) is 0 Å². The lowest BCUT2D eigenvalue weighted by molar-refractivity contribution is 0.195. The van der Waals surface area contributed by atoms with Gasteiger partial charge < -0.3 is 5.32 Å². The fraction of sp³-hybridized carbons (Fsp3) is 0.421. The lowest BCUT2D eigenvalue weighted by Gasteiger charge is -2.35. The molecule has 3 heteroatoms. The summed E-state index contributed by atoms with van der Waals surface area (Å²) in [6.45, 7) is 8.61. The second-order valence-corrected chi connectivity index (χ2v) is 5.99. The van der Waals surface area contributed by atoms with Crippen LogP contribution in [0.5, 0.6) is 0 Å². The Kier molecular flexibility index (Phi) is 4.86. The van der Waals surface area contributed by atoms with Crippen molar-refractivity contribution in [2.45, 2.75) is 26.3 Å². The van der Waals surface area contributed by atoms with Gasteiger partial charge in [-0.05, 0) is 36.1 Å². The molecule has 22 heavy (non-hydrogen) atoms. The number of nitrogens with one attached hydrogen (secondary N) is 1. The minimum Gasteiger partial charge on any atom is -0.314 e. The van der Waals surface area contributed by atoms with Crippen LogP contribution in [0, 0.1) is 6.92 Å². The zero-order chi connectivity index (χ0) is 15.4. The van der Waals surface area contributed by atoms with Gasteiger partial charge >= 0.3 is 0 Å². The molecule has 0 saturated carbocycles. The highest BCUT2D eigenvalue weighted by atomic mass is 15.2. The van der Waals surface area contributed by atoms with Gasteiger partial charge in [0.1, 0.15) is 0 Å². The van der Waals surface area contributed by atoms with Gasteiger partial charge in [-0.3, -0.25) is 9.88 Å². The predicted molar refractivity (Wildman–Crippen MR) is 91.1 cm³/mol. The third-order valence-corrected chi connectivity index (χ3v) is 4.54. The SMILES string of the molecule is CCc1ccc(C(c2ccccc2C)N2CCNCC2)nc1. The van der Waals surface area contributed by atoms with Gasteiger partial charge in [-0.2, -0.15) is 0 Å². The zero-order valence-electron chi connectivity index (χ0n) is 13.5. The molecule has 0 amide bonds. The van der Waals surface area contributed by atoms with E-state index >= 15 is 0 Å². The number of hydrogen-bond donors (Lipinski definition) is 1. The van der Waals surface area contributed by atoms with Crippen molar-refractivity contribution in [2.75, 3.05) is 26.2 Å². The molecule has 116 valence electrons. The summed E-state index contributed by atoms with van der Waals surface area (Å²) in [5.74, 6) is 0. The van der Waals surface area contributed by atoms with Crippen LogP contribution in [0.3, 0.4) is 0 Å². The van der Waals surface area contributed by atoms with Crippen LogP contribution < -0.4 is 5.32 Å². The first-order valence-corrected chi connectivity index (χ1v) is 8.24. The number of nitrogens with zero attached hydrogens (tertiary/aromatic N) is 2. The fourth-order valence-corrected chi connectivity index (χ4v) is 3.18. The van der Waals surface area contributed by atoms with Gasteiger partial charge in [0.15, 0.2) is 0 Å². The second kappa shape index (κ2) is 7.03. The Labute approximate surface area is 133 Å². The molecular weight excluding hydrogens is 270 g/mol. The lowest BCUT2D eigenvalue weighted by atomic mass is 9.96. The van der Waals surface area contributed by atoms with Crippen LogP contribution in [-0.2, 0) is 6.42 Å². The molecule has 1 aromatic heterocycles. The molecule has 3 nitrogen and oxygen atoms in total. The van der Waals surface area contributed by atoms with Gasteiger partial charge in [0.25, 0.3) is 0 Å². The average Bonchev–Trinajstić information content (AvgIpc) is 2.58. The molecule has 2 aromatic rings. The van der Waals surface area contributed by atoms with Crippen LogP contribution in [0.1, 0.15) is 35.3 Å². The van der Waals surface area contributed by atoms with Crippen molar-refractivity contribution in [1.29, 1.82) is 0 Å². The van der Waals surface area contributed by atoms with Gasteiger partial charge in [-0.1, -0.05) is 37.3 Å². The summed E-state index contributed by atoms with van der Waals surface area (Å²) in [5, 5.41) is 3.44. The Morgan fingerprint density at radius 3 is 2.55 bits per heavy atom. The molecule has 2 heterocycles. The summed E-state index contributed by atoms with van der Waals surface area (Å²) in [7, 11) is 0. The van der Waals surface area contributed by atoms with E-state index in [1.165, 1.54) is 16.7 Å². The topological polar surface area (TPSA) is 28.2 Å². The molecule has 1 aliphatic rings. The molecule has 1 atom stereocenters. The largest absolute Gasteiger partial charge is 0.314 e. The van der Waals surface area contributed by atoms with E-state index in [1.807, 2.05) is 6.20 Å². The normalized spacial score (nSPS) is 17.4. The Hall–Kier alpha value is -1.71. The number of piperazine rings is 1. The van der Waals surface area contributed by atoms with Crippen molar-refractivity contribution in [3.63, 3.8) is 0 Å². The van der Waals surface area contributed by atoms with Gasteiger partial charge in [-0.25, -0.2) is 0 Å². The predicted octanol–water partition coefficient (Wildman–Crippen LogP) is 2.95. The van der Waals surface area contributed by atoms with Gasteiger partial charge in [-0.15, -0.1) is 0 Å². The van der Waals surface area contributed by atoms with Crippen LogP contribution >= 0.6 is 0 Å². The number of pyridine rings is 1. The van der Waals surface area contributed by atoms with Crippen LogP contribution in [0.15, 0.2) is 42.6 Å². The molecule has 0 spiro atoms. The van der Waals surface area contributed by atoms with E-state index in [-0.39, 0.29) is 6.04 Å². The molecule has 0 radical (unpaired) electrons. The Balaban J connectivity index is 1.99. The number of rotatable bonds is 4. The van der Waals surface area contributed by atoms with Gasteiger partial charge in [0.05, 0.1) is 11.7 Å². The maximum atomic E-state index is 4.78. The maximum Gasteiger partial charge on any atom is 0.0779 e. The molecule has 1 saturated heterocycles. The number of benzene rings is 1. The first-order valence-electron chi connectivity index (χ1n) is 8.24. The van der Waals surface area contributed by atoms with Gasteiger partial charge in [0.2, 0.25) is 0 Å². The quantitative estimate of drug-likeness (QED) is 0.940. The molecule has 1 unspecified atom stereocenters. The second-order valence-electron chi connectivity index (χ2n) is 5.99. The summed E-state index contributed by atoms with van der Waals surface area (Å²) in [4.78, 5) is 7.33. The first-order chi connectivity index (χ1) is 10.8. The van der Waals surface area contributed by atoms with Crippen LogP contribution in [0.2, 0.25) is 0 Å². The Bertz CT molecular complexity index is 600. The molecule has 1 fully saturated rings.